The molecule has 1 heterocycles. The van der Waals surface area contributed by atoms with Crippen LogP contribution >= 0.6 is 11.8 Å². The van der Waals surface area contributed by atoms with Gasteiger partial charge in [-0.2, -0.15) is 0 Å². The number of rotatable bonds is 7. The zero-order valence-corrected chi connectivity index (χ0v) is 13.4. The summed E-state index contributed by atoms with van der Waals surface area (Å²) in [6, 6.07) is -0.671. The van der Waals surface area contributed by atoms with Crippen molar-refractivity contribution >= 4 is 23.6 Å². The molecule has 1 rings (SSSR count). The molecule has 0 aromatic rings. The van der Waals surface area contributed by atoms with Crippen molar-refractivity contribution in [2.45, 2.75) is 57.9 Å². The SMILES string of the molecule is CCC1SCC(C(=O)O)N1C(=O)CCC(C)(C)CCN. The Kier molecular flexibility index (Phi) is 6.33. The minimum atomic E-state index is -0.900. The van der Waals surface area contributed by atoms with Crippen LogP contribution in [0.3, 0.4) is 0 Å². The third-order valence-electron chi connectivity index (χ3n) is 3.85. The molecule has 0 aromatic carbocycles. The van der Waals surface area contributed by atoms with E-state index in [0.717, 1.165) is 19.3 Å². The molecule has 5 nitrogen and oxygen atoms in total. The number of nitrogens with two attached hydrogens (primary N) is 1. The first kappa shape index (κ1) is 17.3. The first-order valence-corrected chi connectivity index (χ1v) is 8.23. The molecule has 2 unspecified atom stereocenters. The summed E-state index contributed by atoms with van der Waals surface area (Å²) >= 11 is 1.56. The average Bonchev–Trinajstić information content (AvgIpc) is 2.80. The van der Waals surface area contributed by atoms with E-state index < -0.39 is 12.0 Å². The Balaban J connectivity index is 2.65. The van der Waals surface area contributed by atoms with Gasteiger partial charge in [0.15, 0.2) is 0 Å². The van der Waals surface area contributed by atoms with Crippen molar-refractivity contribution in [3.63, 3.8) is 0 Å². The standard InChI is InChI=1S/C14H26N2O3S/c1-4-12-16(10(9-20-12)13(18)19)11(17)5-6-14(2,3)7-8-15/h10,12H,4-9,15H2,1-3H3,(H,18,19). The van der Waals surface area contributed by atoms with Crippen molar-refractivity contribution < 1.29 is 14.7 Å². The van der Waals surface area contributed by atoms with E-state index in [1.54, 1.807) is 16.7 Å². The van der Waals surface area contributed by atoms with Crippen LogP contribution in [0.5, 0.6) is 0 Å². The summed E-state index contributed by atoms with van der Waals surface area (Å²) < 4.78 is 0. The first-order chi connectivity index (χ1) is 9.32. The van der Waals surface area contributed by atoms with Crippen molar-refractivity contribution in [2.75, 3.05) is 12.3 Å². The van der Waals surface area contributed by atoms with E-state index in [1.807, 2.05) is 6.92 Å². The van der Waals surface area contributed by atoms with Crippen molar-refractivity contribution in [1.29, 1.82) is 0 Å². The second-order valence-corrected chi connectivity index (χ2v) is 7.26. The summed E-state index contributed by atoms with van der Waals surface area (Å²) in [5.41, 5.74) is 5.60. The molecule has 2 atom stereocenters. The third-order valence-corrected chi connectivity index (χ3v) is 5.30. The lowest BCUT2D eigenvalue weighted by Crippen LogP contribution is -2.45. The van der Waals surface area contributed by atoms with Crippen LogP contribution in [0.2, 0.25) is 0 Å². The van der Waals surface area contributed by atoms with Crippen LogP contribution in [0, 0.1) is 5.41 Å². The molecule has 0 radical (unpaired) electrons. The highest BCUT2D eigenvalue weighted by atomic mass is 32.2. The van der Waals surface area contributed by atoms with Crippen LogP contribution in [0.1, 0.15) is 46.5 Å². The monoisotopic (exact) mass is 302 g/mol. The Bertz CT molecular complexity index is 360. The molecule has 20 heavy (non-hydrogen) atoms. The van der Waals surface area contributed by atoms with Gasteiger partial charge in [-0.1, -0.05) is 20.8 Å². The molecule has 1 fully saturated rings. The summed E-state index contributed by atoms with van der Waals surface area (Å²) in [4.78, 5) is 25.2. The van der Waals surface area contributed by atoms with E-state index in [9.17, 15) is 14.7 Å². The number of nitrogens with zero attached hydrogens (tertiary/aromatic N) is 1. The maximum Gasteiger partial charge on any atom is 0.327 e. The van der Waals surface area contributed by atoms with Crippen LogP contribution in [0.25, 0.3) is 0 Å². The van der Waals surface area contributed by atoms with Gasteiger partial charge in [-0.05, 0) is 31.2 Å². The molecule has 6 heteroatoms. The van der Waals surface area contributed by atoms with Gasteiger partial charge in [-0.15, -0.1) is 11.8 Å². The number of carboxylic acid groups (broad SMARTS) is 1. The fraction of sp³-hybridized carbons (Fsp3) is 0.857. The Hall–Kier alpha value is -0.750. The second-order valence-electron chi connectivity index (χ2n) is 6.05. The lowest BCUT2D eigenvalue weighted by Gasteiger charge is -2.29. The molecule has 1 aliphatic rings. The molecule has 0 spiro atoms. The number of carbonyl (C=O) groups excluding carboxylic acids is 1. The Morgan fingerprint density at radius 3 is 2.55 bits per heavy atom. The van der Waals surface area contributed by atoms with Crippen LogP contribution < -0.4 is 5.73 Å². The van der Waals surface area contributed by atoms with E-state index in [-0.39, 0.29) is 16.7 Å². The van der Waals surface area contributed by atoms with Gasteiger partial charge in [0.2, 0.25) is 5.91 Å². The van der Waals surface area contributed by atoms with E-state index in [0.29, 0.717) is 18.7 Å². The number of thioether (sulfide) groups is 1. The van der Waals surface area contributed by atoms with Crippen LogP contribution in [-0.4, -0.2) is 45.6 Å². The molecule has 1 saturated heterocycles. The smallest absolute Gasteiger partial charge is 0.327 e. The Labute approximate surface area is 125 Å². The van der Waals surface area contributed by atoms with E-state index in [1.165, 1.54) is 0 Å². The quantitative estimate of drug-likeness (QED) is 0.750. The van der Waals surface area contributed by atoms with Crippen LogP contribution in [0.4, 0.5) is 0 Å². The molecule has 116 valence electrons. The van der Waals surface area contributed by atoms with Crippen molar-refractivity contribution in [1.82, 2.24) is 4.90 Å². The fourth-order valence-corrected chi connectivity index (χ4v) is 3.86. The maximum atomic E-state index is 12.4. The largest absolute Gasteiger partial charge is 0.480 e. The van der Waals surface area contributed by atoms with Crippen molar-refractivity contribution in [3.05, 3.63) is 0 Å². The Morgan fingerprint density at radius 1 is 1.40 bits per heavy atom. The summed E-state index contributed by atoms with van der Waals surface area (Å²) in [5.74, 6) is -0.450. The number of amides is 1. The molecular formula is C14H26N2O3S. The zero-order chi connectivity index (χ0) is 15.3. The second kappa shape index (κ2) is 7.31. The van der Waals surface area contributed by atoms with Gasteiger partial charge >= 0.3 is 5.97 Å². The number of aliphatic carboxylic acids is 1. The van der Waals surface area contributed by atoms with Gasteiger partial charge < -0.3 is 15.7 Å². The Morgan fingerprint density at radius 2 is 2.05 bits per heavy atom. The summed E-state index contributed by atoms with van der Waals surface area (Å²) in [5, 5.41) is 9.24. The number of carboxylic acids is 1. The molecule has 0 aliphatic carbocycles. The van der Waals surface area contributed by atoms with Gasteiger partial charge in [-0.25, -0.2) is 4.79 Å². The lowest BCUT2D eigenvalue weighted by molar-refractivity contribution is -0.149. The molecule has 0 bridgehead atoms. The van der Waals surface area contributed by atoms with Gasteiger partial charge in [0.1, 0.15) is 6.04 Å². The van der Waals surface area contributed by atoms with Crippen LogP contribution in [0.15, 0.2) is 0 Å². The van der Waals surface area contributed by atoms with Crippen LogP contribution in [-0.2, 0) is 9.59 Å². The van der Waals surface area contributed by atoms with E-state index in [2.05, 4.69) is 13.8 Å². The highest BCUT2D eigenvalue weighted by Crippen LogP contribution is 2.33. The molecule has 3 N–H and O–H groups in total. The molecular weight excluding hydrogens is 276 g/mol. The first-order valence-electron chi connectivity index (χ1n) is 7.18. The zero-order valence-electron chi connectivity index (χ0n) is 12.6. The summed E-state index contributed by atoms with van der Waals surface area (Å²) in [6.07, 6.45) is 2.79. The number of hydrogen-bond acceptors (Lipinski definition) is 4. The maximum absolute atomic E-state index is 12.4. The molecule has 0 aromatic heterocycles. The molecule has 1 aliphatic heterocycles. The number of hydrogen-bond donors (Lipinski definition) is 2. The minimum absolute atomic E-state index is 0.00113. The molecule has 1 amide bonds. The van der Waals surface area contributed by atoms with Gasteiger partial charge in [-0.3, -0.25) is 4.79 Å². The predicted molar refractivity (Wildman–Crippen MR) is 81.5 cm³/mol. The van der Waals surface area contributed by atoms with E-state index >= 15 is 0 Å². The van der Waals surface area contributed by atoms with Gasteiger partial charge in [0.25, 0.3) is 0 Å². The highest BCUT2D eigenvalue weighted by Gasteiger charge is 2.40. The predicted octanol–water partition coefficient (Wildman–Crippen LogP) is 1.91. The van der Waals surface area contributed by atoms with Crippen molar-refractivity contribution in [2.24, 2.45) is 11.1 Å². The highest BCUT2D eigenvalue weighted by molar-refractivity contribution is 8.00. The normalized spacial score (nSPS) is 23.1. The van der Waals surface area contributed by atoms with Crippen molar-refractivity contribution in [3.8, 4) is 0 Å². The topological polar surface area (TPSA) is 83.6 Å². The lowest BCUT2D eigenvalue weighted by atomic mass is 9.84. The van der Waals surface area contributed by atoms with Gasteiger partial charge in [0, 0.05) is 12.2 Å². The minimum Gasteiger partial charge on any atom is -0.480 e. The number of carbonyl (C=O) groups is 2. The average molecular weight is 302 g/mol. The van der Waals surface area contributed by atoms with E-state index in [4.69, 9.17) is 5.73 Å². The van der Waals surface area contributed by atoms with Gasteiger partial charge in [0.05, 0.1) is 5.37 Å². The fourth-order valence-electron chi connectivity index (χ4n) is 2.49. The third kappa shape index (κ3) is 4.38. The summed E-state index contributed by atoms with van der Waals surface area (Å²) in [6.45, 7) is 6.78. The summed E-state index contributed by atoms with van der Waals surface area (Å²) in [7, 11) is 0. The molecule has 0 saturated carbocycles.